The zero-order chi connectivity index (χ0) is 22.7. The summed E-state index contributed by atoms with van der Waals surface area (Å²) in [7, 11) is -1.12. The molecule has 3 aromatic heterocycles. The molecule has 170 valence electrons. The maximum atomic E-state index is 9.94. The predicted octanol–water partition coefficient (Wildman–Crippen LogP) is 4.22. The minimum absolute atomic E-state index is 0.0346. The second kappa shape index (κ2) is 9.53. The second-order valence-electron chi connectivity index (χ2n) is 9.96. The molecule has 0 saturated heterocycles. The molecular weight excluding hydrogens is 420 g/mol. The molecule has 0 amide bonds. The van der Waals surface area contributed by atoms with Crippen LogP contribution in [0.25, 0.3) is 22.3 Å². The van der Waals surface area contributed by atoms with Gasteiger partial charge >= 0.3 is 0 Å². The van der Waals surface area contributed by atoms with Crippen LogP contribution >= 0.6 is 0 Å². The van der Waals surface area contributed by atoms with Crippen LogP contribution in [0.1, 0.15) is 31.7 Å². The number of ether oxygens (including phenoxy) is 1. The average molecular weight is 453 g/mol. The van der Waals surface area contributed by atoms with E-state index >= 15 is 0 Å². The Balaban J connectivity index is 1.53. The van der Waals surface area contributed by atoms with Gasteiger partial charge in [-0.05, 0) is 37.3 Å². The fourth-order valence-electron chi connectivity index (χ4n) is 4.43. The van der Waals surface area contributed by atoms with Crippen LogP contribution in [0.2, 0.25) is 25.7 Å². The van der Waals surface area contributed by atoms with Gasteiger partial charge in [0.15, 0.2) is 0 Å². The van der Waals surface area contributed by atoms with Gasteiger partial charge < -0.3 is 14.4 Å². The van der Waals surface area contributed by atoms with Crippen molar-refractivity contribution in [1.29, 1.82) is 5.26 Å². The Hall–Kier alpha value is -2.54. The van der Waals surface area contributed by atoms with Gasteiger partial charge in [-0.2, -0.15) is 10.4 Å². The second-order valence-corrected chi connectivity index (χ2v) is 15.6. The summed E-state index contributed by atoms with van der Waals surface area (Å²) in [6, 6.07) is 5.41. The molecule has 3 unspecified atom stereocenters. The quantitative estimate of drug-likeness (QED) is 0.385. The topological polar surface area (TPSA) is 102 Å². The van der Waals surface area contributed by atoms with Crippen molar-refractivity contribution in [2.24, 2.45) is 5.92 Å². The summed E-state index contributed by atoms with van der Waals surface area (Å²) in [6.07, 6.45) is 9.87. The van der Waals surface area contributed by atoms with E-state index in [1.807, 2.05) is 27.7 Å². The van der Waals surface area contributed by atoms with Gasteiger partial charge in [-0.25, -0.2) is 9.97 Å². The number of rotatable bonds is 9. The minimum atomic E-state index is -1.12. The molecule has 1 N–H and O–H groups in total. The Labute approximate surface area is 189 Å². The molecule has 0 aliphatic heterocycles. The highest BCUT2D eigenvalue weighted by Gasteiger charge is 2.31. The summed E-state index contributed by atoms with van der Waals surface area (Å²) in [6.45, 7) is 8.26. The van der Waals surface area contributed by atoms with E-state index in [-0.39, 0.29) is 18.1 Å². The fourth-order valence-corrected chi connectivity index (χ4v) is 5.19. The number of aliphatic hydroxyl groups is 1. The van der Waals surface area contributed by atoms with Gasteiger partial charge in [0.2, 0.25) is 0 Å². The van der Waals surface area contributed by atoms with Crippen LogP contribution in [-0.2, 0) is 11.5 Å². The molecule has 4 rings (SSSR count). The molecule has 1 saturated carbocycles. The van der Waals surface area contributed by atoms with Gasteiger partial charge in [-0.3, -0.25) is 4.68 Å². The summed E-state index contributed by atoms with van der Waals surface area (Å²) in [5, 5.41) is 24.8. The lowest BCUT2D eigenvalue weighted by molar-refractivity contribution is 0.0899. The van der Waals surface area contributed by atoms with Gasteiger partial charge in [0.1, 0.15) is 18.7 Å². The molecule has 0 bridgehead atoms. The van der Waals surface area contributed by atoms with Gasteiger partial charge in [-0.1, -0.05) is 19.6 Å². The molecule has 0 radical (unpaired) electrons. The van der Waals surface area contributed by atoms with E-state index in [1.165, 1.54) is 0 Å². The lowest BCUT2D eigenvalue weighted by atomic mass is 9.96. The fraction of sp³-hybridized carbons (Fsp3) is 0.565. The maximum Gasteiger partial charge on any atom is 0.145 e. The first-order valence-corrected chi connectivity index (χ1v) is 15.0. The Morgan fingerprint density at radius 1 is 1.31 bits per heavy atom. The standard InChI is InChI=1S/C23H32N6O2Si/c1-32(2,3)11-10-31-16-28-9-7-20-22(25-15-26-23(20)28)18-13-27-29(14-18)21(6-8-24)17-4-5-19(30)12-17/h7,9,13-15,17,19,21,30H,4-6,10-12,16H2,1-3H3. The molecule has 0 aromatic carbocycles. The highest BCUT2D eigenvalue weighted by atomic mass is 28.3. The highest BCUT2D eigenvalue weighted by molar-refractivity contribution is 6.76. The number of fused-ring (bicyclic) bond motifs is 1. The van der Waals surface area contributed by atoms with Gasteiger partial charge in [0.25, 0.3) is 0 Å². The van der Waals surface area contributed by atoms with Crippen LogP contribution in [0.15, 0.2) is 31.0 Å². The zero-order valence-corrected chi connectivity index (χ0v) is 20.1. The smallest absolute Gasteiger partial charge is 0.145 e. The van der Waals surface area contributed by atoms with Crippen LogP contribution in [0.4, 0.5) is 0 Å². The van der Waals surface area contributed by atoms with Crippen molar-refractivity contribution in [3.63, 3.8) is 0 Å². The minimum Gasteiger partial charge on any atom is -0.393 e. The Morgan fingerprint density at radius 2 is 2.16 bits per heavy atom. The van der Waals surface area contributed by atoms with Gasteiger partial charge in [-0.15, -0.1) is 0 Å². The zero-order valence-electron chi connectivity index (χ0n) is 19.1. The molecule has 1 fully saturated rings. The van der Waals surface area contributed by atoms with Crippen molar-refractivity contribution < 1.29 is 9.84 Å². The highest BCUT2D eigenvalue weighted by Crippen LogP contribution is 2.37. The molecule has 1 aliphatic carbocycles. The van der Waals surface area contributed by atoms with Crippen molar-refractivity contribution >= 4 is 19.1 Å². The number of hydrogen-bond acceptors (Lipinski definition) is 6. The third-order valence-corrected chi connectivity index (χ3v) is 7.99. The number of aliphatic hydroxyl groups excluding tert-OH is 1. The van der Waals surface area contributed by atoms with E-state index in [2.05, 4.69) is 40.8 Å². The first-order valence-electron chi connectivity index (χ1n) is 11.3. The monoisotopic (exact) mass is 452 g/mol. The van der Waals surface area contributed by atoms with Crippen molar-refractivity contribution in [3.05, 3.63) is 31.0 Å². The molecule has 3 aromatic rings. The average Bonchev–Trinajstić information content (AvgIpc) is 3.48. The third kappa shape index (κ3) is 5.09. The van der Waals surface area contributed by atoms with E-state index in [9.17, 15) is 10.4 Å². The van der Waals surface area contributed by atoms with Crippen LogP contribution < -0.4 is 0 Å². The van der Waals surface area contributed by atoms with Gasteiger partial charge in [0.05, 0.1) is 36.5 Å². The normalized spacial score (nSPS) is 20.0. The Kier molecular flexibility index (Phi) is 6.74. The summed E-state index contributed by atoms with van der Waals surface area (Å²) in [5.74, 6) is 0.261. The van der Waals surface area contributed by atoms with E-state index in [0.29, 0.717) is 13.2 Å². The lowest BCUT2D eigenvalue weighted by Gasteiger charge is -2.21. The first kappa shape index (κ1) is 22.6. The lowest BCUT2D eigenvalue weighted by Crippen LogP contribution is -2.22. The molecular formula is C23H32N6O2Si. The maximum absolute atomic E-state index is 9.94. The molecule has 0 spiro atoms. The molecule has 9 heteroatoms. The summed E-state index contributed by atoms with van der Waals surface area (Å²) < 4.78 is 9.79. The van der Waals surface area contributed by atoms with Crippen LogP contribution in [0.5, 0.6) is 0 Å². The Bertz CT molecular complexity index is 1100. The third-order valence-electron chi connectivity index (χ3n) is 6.29. The van der Waals surface area contributed by atoms with Crippen molar-refractivity contribution in [2.75, 3.05) is 6.61 Å². The Morgan fingerprint density at radius 3 is 2.88 bits per heavy atom. The SMILES string of the molecule is C[Si](C)(C)CCOCn1ccc2c(-c3cnn(C(CC#N)C4CCC(O)C4)c3)ncnc21. The summed E-state index contributed by atoms with van der Waals surface area (Å²) >= 11 is 0. The molecule has 3 atom stereocenters. The number of nitrogens with zero attached hydrogens (tertiary/aromatic N) is 6. The summed E-state index contributed by atoms with van der Waals surface area (Å²) in [5.41, 5.74) is 2.56. The molecule has 3 heterocycles. The molecule has 8 nitrogen and oxygen atoms in total. The molecule has 1 aliphatic rings. The largest absolute Gasteiger partial charge is 0.393 e. The van der Waals surface area contributed by atoms with Crippen LogP contribution in [0, 0.1) is 17.2 Å². The van der Waals surface area contributed by atoms with Crippen LogP contribution in [0.3, 0.4) is 0 Å². The van der Waals surface area contributed by atoms with E-state index in [1.54, 1.807) is 12.5 Å². The van der Waals surface area contributed by atoms with E-state index in [0.717, 1.165) is 54.2 Å². The summed E-state index contributed by atoms with van der Waals surface area (Å²) in [4.78, 5) is 9.01. The van der Waals surface area contributed by atoms with Crippen LogP contribution in [-0.4, -0.2) is 50.2 Å². The van der Waals surface area contributed by atoms with Crippen molar-refractivity contribution in [2.45, 2.75) is 70.2 Å². The molecule has 32 heavy (non-hydrogen) atoms. The van der Waals surface area contributed by atoms with Crippen molar-refractivity contribution in [3.8, 4) is 17.3 Å². The number of hydrogen-bond donors (Lipinski definition) is 1. The number of aromatic nitrogens is 5. The first-order chi connectivity index (χ1) is 15.4. The van der Waals surface area contributed by atoms with Crippen molar-refractivity contribution in [1.82, 2.24) is 24.3 Å². The van der Waals surface area contributed by atoms with E-state index < -0.39 is 8.07 Å². The predicted molar refractivity (Wildman–Crippen MR) is 125 cm³/mol. The number of nitriles is 1. The van der Waals surface area contributed by atoms with Gasteiger partial charge in [0, 0.05) is 38.0 Å². The van der Waals surface area contributed by atoms with E-state index in [4.69, 9.17) is 4.74 Å².